The molecule has 0 aromatic heterocycles. The second kappa shape index (κ2) is 6.07. The highest BCUT2D eigenvalue weighted by atomic mass is 35.5. The lowest BCUT2D eigenvalue weighted by Gasteiger charge is -2.18. The Morgan fingerprint density at radius 3 is 2.38 bits per heavy atom. The van der Waals surface area contributed by atoms with E-state index in [4.69, 9.17) is 28.3 Å². The summed E-state index contributed by atoms with van der Waals surface area (Å²) in [4.78, 5) is 24.5. The normalized spacial score (nSPS) is 21.4. The maximum atomic E-state index is 13.1. The first-order valence-corrected chi connectivity index (χ1v) is 6.98. The largest absolute Gasteiger partial charge is 0.481 e. The summed E-state index contributed by atoms with van der Waals surface area (Å²) in [5.41, 5.74) is 0.108. The minimum absolute atomic E-state index is 0.0182. The number of anilines is 1. The molecule has 0 bridgehead atoms. The maximum Gasteiger partial charge on any atom is 0.321 e. The molecule has 2 atom stereocenters. The first kappa shape index (κ1) is 15.9. The molecular formula is C13H13Cl2FN2O3. The number of carbonyl (C=O) groups is 2. The van der Waals surface area contributed by atoms with Gasteiger partial charge in [-0.05, 0) is 18.1 Å². The molecule has 0 spiro atoms. The number of nitrogens with one attached hydrogen (secondary N) is 1. The Morgan fingerprint density at radius 1 is 1.33 bits per heavy atom. The molecule has 1 aliphatic heterocycles. The van der Waals surface area contributed by atoms with Crippen LogP contribution in [0.5, 0.6) is 0 Å². The molecule has 114 valence electrons. The van der Waals surface area contributed by atoms with Gasteiger partial charge in [-0.3, -0.25) is 4.79 Å². The highest BCUT2D eigenvalue weighted by molar-refractivity contribution is 6.39. The van der Waals surface area contributed by atoms with Gasteiger partial charge in [-0.15, -0.1) is 0 Å². The number of urea groups is 1. The lowest BCUT2D eigenvalue weighted by molar-refractivity contribution is -0.142. The molecule has 0 radical (unpaired) electrons. The zero-order valence-electron chi connectivity index (χ0n) is 11.1. The van der Waals surface area contributed by atoms with Crippen LogP contribution >= 0.6 is 23.2 Å². The van der Waals surface area contributed by atoms with E-state index in [0.717, 1.165) is 12.1 Å². The van der Waals surface area contributed by atoms with Crippen LogP contribution < -0.4 is 5.32 Å². The Balaban J connectivity index is 2.11. The van der Waals surface area contributed by atoms with Crippen LogP contribution in [0.1, 0.15) is 6.92 Å². The average Bonchev–Trinajstić information content (AvgIpc) is 2.75. The van der Waals surface area contributed by atoms with Crippen molar-refractivity contribution in [2.75, 3.05) is 18.4 Å². The number of hydrogen-bond acceptors (Lipinski definition) is 2. The molecule has 2 rings (SSSR count). The number of aliphatic carboxylic acids is 1. The van der Waals surface area contributed by atoms with Gasteiger partial charge in [0.2, 0.25) is 0 Å². The van der Waals surface area contributed by atoms with Gasteiger partial charge in [0.1, 0.15) is 5.82 Å². The lowest BCUT2D eigenvalue weighted by Crippen LogP contribution is -2.34. The van der Waals surface area contributed by atoms with Crippen molar-refractivity contribution < 1.29 is 19.1 Å². The monoisotopic (exact) mass is 334 g/mol. The summed E-state index contributed by atoms with van der Waals surface area (Å²) in [6, 6.07) is 1.56. The van der Waals surface area contributed by atoms with Gasteiger partial charge in [-0.25, -0.2) is 9.18 Å². The average molecular weight is 335 g/mol. The molecular weight excluding hydrogens is 322 g/mol. The minimum Gasteiger partial charge on any atom is -0.481 e. The van der Waals surface area contributed by atoms with Crippen molar-refractivity contribution in [3.05, 3.63) is 28.0 Å². The molecule has 0 saturated carbocycles. The van der Waals surface area contributed by atoms with Crippen molar-refractivity contribution >= 4 is 40.9 Å². The highest BCUT2D eigenvalue weighted by Crippen LogP contribution is 2.32. The molecule has 21 heavy (non-hydrogen) atoms. The number of hydrogen-bond donors (Lipinski definition) is 2. The Morgan fingerprint density at radius 2 is 1.90 bits per heavy atom. The summed E-state index contributed by atoms with van der Waals surface area (Å²) in [7, 11) is 0. The predicted molar refractivity (Wildman–Crippen MR) is 77.3 cm³/mol. The minimum atomic E-state index is -0.935. The predicted octanol–water partition coefficient (Wildman–Crippen LogP) is 3.32. The zero-order chi connectivity index (χ0) is 15.7. The second-order valence-electron chi connectivity index (χ2n) is 5.00. The molecule has 2 N–H and O–H groups in total. The van der Waals surface area contributed by atoms with Crippen LogP contribution in [0.15, 0.2) is 12.1 Å². The number of rotatable bonds is 2. The first-order valence-electron chi connectivity index (χ1n) is 6.23. The smallest absolute Gasteiger partial charge is 0.321 e. The van der Waals surface area contributed by atoms with Gasteiger partial charge in [0.25, 0.3) is 0 Å². The van der Waals surface area contributed by atoms with E-state index in [9.17, 15) is 14.0 Å². The van der Waals surface area contributed by atoms with Crippen molar-refractivity contribution in [1.82, 2.24) is 4.90 Å². The SMILES string of the molecule is C[C@@H]1CN(C(=O)Nc2c(Cl)cc(F)cc2Cl)C[C@H]1C(=O)O. The maximum absolute atomic E-state index is 13.1. The molecule has 0 unspecified atom stereocenters. The fourth-order valence-corrected chi connectivity index (χ4v) is 2.86. The number of benzene rings is 1. The van der Waals surface area contributed by atoms with Crippen LogP contribution in [0.2, 0.25) is 10.0 Å². The summed E-state index contributed by atoms with van der Waals surface area (Å²) in [5.74, 6) is -2.29. The fraction of sp³-hybridized carbons (Fsp3) is 0.385. The second-order valence-corrected chi connectivity index (χ2v) is 5.82. The highest BCUT2D eigenvalue weighted by Gasteiger charge is 2.37. The van der Waals surface area contributed by atoms with Gasteiger partial charge in [-0.2, -0.15) is 0 Å². The summed E-state index contributed by atoms with van der Waals surface area (Å²) >= 11 is 11.7. The van der Waals surface area contributed by atoms with Gasteiger partial charge in [0, 0.05) is 13.1 Å². The molecule has 8 heteroatoms. The molecule has 1 saturated heterocycles. The van der Waals surface area contributed by atoms with E-state index in [-0.39, 0.29) is 28.2 Å². The summed E-state index contributed by atoms with van der Waals surface area (Å²) in [6.07, 6.45) is 0. The number of amides is 2. The number of halogens is 3. The third kappa shape index (κ3) is 3.39. The molecule has 1 fully saturated rings. The molecule has 1 aromatic carbocycles. The Kier molecular flexibility index (Phi) is 4.58. The van der Waals surface area contributed by atoms with Crippen LogP contribution in [0.4, 0.5) is 14.9 Å². The standard InChI is InChI=1S/C13H13Cl2FN2O3/c1-6-4-18(5-8(6)12(19)20)13(21)17-11-9(14)2-7(16)3-10(11)15/h2-3,6,8H,4-5H2,1H3,(H,17,21)(H,19,20)/t6-,8-/m1/s1. The number of nitrogens with zero attached hydrogens (tertiary/aromatic N) is 1. The Labute approximate surface area is 130 Å². The van der Waals surface area contributed by atoms with Gasteiger partial charge < -0.3 is 15.3 Å². The van der Waals surface area contributed by atoms with E-state index < -0.39 is 23.7 Å². The van der Waals surface area contributed by atoms with Gasteiger partial charge >= 0.3 is 12.0 Å². The van der Waals surface area contributed by atoms with E-state index in [2.05, 4.69) is 5.32 Å². The molecule has 1 heterocycles. The van der Waals surface area contributed by atoms with Gasteiger partial charge in [-0.1, -0.05) is 30.1 Å². The number of carboxylic acid groups (broad SMARTS) is 1. The van der Waals surface area contributed by atoms with E-state index >= 15 is 0 Å². The van der Waals surface area contributed by atoms with Crippen LogP contribution in [-0.2, 0) is 4.79 Å². The quantitative estimate of drug-likeness (QED) is 0.871. The molecule has 2 amide bonds. The van der Waals surface area contributed by atoms with E-state index in [1.165, 1.54) is 4.90 Å². The molecule has 0 aliphatic carbocycles. The van der Waals surface area contributed by atoms with Crippen LogP contribution in [0.25, 0.3) is 0 Å². The zero-order valence-corrected chi connectivity index (χ0v) is 12.6. The summed E-state index contributed by atoms with van der Waals surface area (Å²) in [6.45, 7) is 2.20. The molecule has 1 aromatic rings. The van der Waals surface area contributed by atoms with Gasteiger partial charge in [0.05, 0.1) is 21.7 Å². The lowest BCUT2D eigenvalue weighted by atomic mass is 9.99. The van der Waals surface area contributed by atoms with Crippen LogP contribution in [0, 0.1) is 17.7 Å². The third-order valence-corrected chi connectivity index (χ3v) is 4.05. The number of carbonyl (C=O) groups excluding carboxylic acids is 1. The Hall–Kier alpha value is -1.53. The first-order chi connectivity index (χ1) is 9.79. The van der Waals surface area contributed by atoms with Crippen molar-refractivity contribution in [3.8, 4) is 0 Å². The van der Waals surface area contributed by atoms with Crippen molar-refractivity contribution in [2.45, 2.75) is 6.92 Å². The van der Waals surface area contributed by atoms with Crippen molar-refractivity contribution in [2.24, 2.45) is 11.8 Å². The van der Waals surface area contributed by atoms with Crippen molar-refractivity contribution in [3.63, 3.8) is 0 Å². The fourth-order valence-electron chi connectivity index (χ4n) is 2.30. The third-order valence-electron chi connectivity index (χ3n) is 3.46. The van der Waals surface area contributed by atoms with Crippen molar-refractivity contribution in [1.29, 1.82) is 0 Å². The number of likely N-dealkylation sites (tertiary alicyclic amines) is 1. The van der Waals surface area contributed by atoms with Gasteiger partial charge in [0.15, 0.2) is 0 Å². The summed E-state index contributed by atoms with van der Waals surface area (Å²) in [5, 5.41) is 11.5. The van der Waals surface area contributed by atoms with E-state index in [0.29, 0.717) is 6.54 Å². The summed E-state index contributed by atoms with van der Waals surface area (Å²) < 4.78 is 13.1. The van der Waals surface area contributed by atoms with Crippen LogP contribution in [0.3, 0.4) is 0 Å². The Bertz CT molecular complexity index is 574. The topological polar surface area (TPSA) is 69.6 Å². The van der Waals surface area contributed by atoms with Crippen LogP contribution in [-0.4, -0.2) is 35.1 Å². The number of carboxylic acids is 1. The molecule has 1 aliphatic rings. The van der Waals surface area contributed by atoms with E-state index in [1.54, 1.807) is 6.92 Å². The molecule has 5 nitrogen and oxygen atoms in total. The van der Waals surface area contributed by atoms with E-state index in [1.807, 2.05) is 0 Å².